The van der Waals surface area contributed by atoms with Crippen LogP contribution in [0.15, 0.2) is 18.6 Å². The Kier molecular flexibility index (Phi) is 4.16. The normalized spacial score (nSPS) is 18.2. The van der Waals surface area contributed by atoms with E-state index in [0.717, 1.165) is 23.4 Å². The van der Waals surface area contributed by atoms with E-state index in [1.54, 1.807) is 6.33 Å². The van der Waals surface area contributed by atoms with Gasteiger partial charge in [-0.1, -0.05) is 13.3 Å². The number of rotatable bonds is 5. The van der Waals surface area contributed by atoms with Gasteiger partial charge in [-0.25, -0.2) is 9.97 Å². The third-order valence-corrected chi connectivity index (χ3v) is 3.99. The molecule has 0 aromatic carbocycles. The number of anilines is 1. The van der Waals surface area contributed by atoms with Crippen LogP contribution in [0.2, 0.25) is 0 Å². The van der Waals surface area contributed by atoms with E-state index in [1.165, 1.54) is 38.9 Å². The van der Waals surface area contributed by atoms with Gasteiger partial charge in [-0.3, -0.25) is 0 Å². The molecule has 3 heterocycles. The van der Waals surface area contributed by atoms with Gasteiger partial charge >= 0.3 is 0 Å². The summed E-state index contributed by atoms with van der Waals surface area (Å²) in [7, 11) is 0. The first kappa shape index (κ1) is 13.4. The number of hydrogen-bond donors (Lipinski definition) is 2. The molecule has 108 valence electrons. The molecular formula is C15H23N5. The maximum Gasteiger partial charge on any atom is 0.142 e. The highest BCUT2D eigenvalue weighted by Gasteiger charge is 2.13. The molecular weight excluding hydrogens is 250 g/mol. The van der Waals surface area contributed by atoms with Crippen molar-refractivity contribution in [3.8, 4) is 0 Å². The number of piperidine rings is 1. The Balaban J connectivity index is 1.54. The molecule has 0 saturated carbocycles. The van der Waals surface area contributed by atoms with E-state index in [0.29, 0.717) is 5.92 Å². The molecule has 3 rings (SSSR count). The number of nitrogens with zero attached hydrogens (tertiary/aromatic N) is 3. The van der Waals surface area contributed by atoms with Crippen molar-refractivity contribution in [2.24, 2.45) is 5.92 Å². The number of hydrogen-bond acceptors (Lipinski definition) is 4. The largest absolute Gasteiger partial charge is 0.369 e. The second kappa shape index (κ2) is 6.22. The summed E-state index contributed by atoms with van der Waals surface area (Å²) in [6.45, 7) is 6.96. The highest BCUT2D eigenvalue weighted by atomic mass is 15.1. The van der Waals surface area contributed by atoms with Gasteiger partial charge in [0, 0.05) is 19.3 Å². The molecule has 20 heavy (non-hydrogen) atoms. The average molecular weight is 273 g/mol. The van der Waals surface area contributed by atoms with E-state index in [4.69, 9.17) is 0 Å². The number of aromatic nitrogens is 3. The van der Waals surface area contributed by atoms with Crippen LogP contribution in [-0.2, 0) is 0 Å². The number of fused-ring (bicyclic) bond motifs is 1. The molecule has 5 nitrogen and oxygen atoms in total. The van der Waals surface area contributed by atoms with Gasteiger partial charge in [-0.2, -0.15) is 0 Å². The Morgan fingerprint density at radius 1 is 1.30 bits per heavy atom. The van der Waals surface area contributed by atoms with Crippen LogP contribution in [-0.4, -0.2) is 46.0 Å². The molecule has 2 aromatic rings. The summed E-state index contributed by atoms with van der Waals surface area (Å²) in [5, 5.41) is 4.53. The van der Waals surface area contributed by atoms with Crippen molar-refractivity contribution < 1.29 is 0 Å². The van der Waals surface area contributed by atoms with Crippen LogP contribution in [0.5, 0.6) is 0 Å². The van der Waals surface area contributed by atoms with Gasteiger partial charge in [0.2, 0.25) is 0 Å². The Morgan fingerprint density at radius 3 is 3.00 bits per heavy atom. The minimum absolute atomic E-state index is 0.622. The highest BCUT2D eigenvalue weighted by molar-refractivity contribution is 5.86. The molecule has 2 N–H and O–H groups in total. The van der Waals surface area contributed by atoms with Crippen LogP contribution in [0, 0.1) is 5.92 Å². The minimum atomic E-state index is 0.622. The van der Waals surface area contributed by atoms with Crippen LogP contribution in [0.1, 0.15) is 26.2 Å². The zero-order valence-corrected chi connectivity index (χ0v) is 12.1. The molecule has 1 saturated heterocycles. The highest BCUT2D eigenvalue weighted by Crippen LogP contribution is 2.18. The van der Waals surface area contributed by atoms with E-state index in [2.05, 4.69) is 32.1 Å². The molecule has 0 bridgehead atoms. The fraction of sp³-hybridized carbons (Fsp3) is 0.600. The van der Waals surface area contributed by atoms with Gasteiger partial charge in [0.15, 0.2) is 0 Å². The van der Waals surface area contributed by atoms with Crippen LogP contribution in [0.25, 0.3) is 11.0 Å². The Bertz CT molecular complexity index is 544. The minimum Gasteiger partial charge on any atom is -0.369 e. The van der Waals surface area contributed by atoms with Crippen molar-refractivity contribution in [3.63, 3.8) is 0 Å². The van der Waals surface area contributed by atoms with Gasteiger partial charge < -0.3 is 15.2 Å². The van der Waals surface area contributed by atoms with Crippen molar-refractivity contribution in [1.29, 1.82) is 0 Å². The number of nitrogens with one attached hydrogen (secondary N) is 2. The third-order valence-electron chi connectivity index (χ3n) is 3.99. The van der Waals surface area contributed by atoms with Crippen molar-refractivity contribution in [2.45, 2.75) is 26.2 Å². The monoisotopic (exact) mass is 273 g/mol. The third kappa shape index (κ3) is 3.10. The van der Waals surface area contributed by atoms with Crippen LogP contribution >= 0.6 is 0 Å². The van der Waals surface area contributed by atoms with E-state index in [-0.39, 0.29) is 0 Å². The number of H-pyrrole nitrogens is 1. The smallest absolute Gasteiger partial charge is 0.142 e. The fourth-order valence-corrected chi connectivity index (χ4v) is 2.93. The molecule has 2 aromatic heterocycles. The zero-order valence-electron chi connectivity index (χ0n) is 12.1. The average Bonchev–Trinajstić information content (AvgIpc) is 2.95. The molecule has 0 radical (unpaired) electrons. The molecule has 1 aliphatic heterocycles. The summed E-state index contributed by atoms with van der Waals surface area (Å²) in [6, 6.07) is 2.02. The summed E-state index contributed by atoms with van der Waals surface area (Å²) < 4.78 is 0. The van der Waals surface area contributed by atoms with Crippen molar-refractivity contribution in [1.82, 2.24) is 19.9 Å². The molecule has 0 amide bonds. The lowest BCUT2D eigenvalue weighted by Gasteiger charge is -2.29. The number of likely N-dealkylation sites (tertiary alicyclic amines) is 1. The SMILES string of the molecule is CC(CNc1ncnc2[nH]ccc12)CN1CCCCC1. The van der Waals surface area contributed by atoms with Crippen molar-refractivity contribution in [3.05, 3.63) is 18.6 Å². The van der Waals surface area contributed by atoms with Gasteiger partial charge in [0.05, 0.1) is 5.39 Å². The second-order valence-corrected chi connectivity index (χ2v) is 5.81. The molecule has 1 aliphatic rings. The van der Waals surface area contributed by atoms with E-state index < -0.39 is 0 Å². The molecule has 0 spiro atoms. The summed E-state index contributed by atoms with van der Waals surface area (Å²) in [6.07, 6.45) is 7.62. The fourth-order valence-electron chi connectivity index (χ4n) is 2.93. The van der Waals surface area contributed by atoms with Gasteiger partial charge in [0.1, 0.15) is 17.8 Å². The predicted molar refractivity (Wildman–Crippen MR) is 81.8 cm³/mol. The molecule has 1 atom stereocenters. The van der Waals surface area contributed by atoms with E-state index in [9.17, 15) is 0 Å². The molecule has 1 unspecified atom stereocenters. The van der Waals surface area contributed by atoms with Crippen molar-refractivity contribution >= 4 is 16.9 Å². The maximum absolute atomic E-state index is 4.34. The second-order valence-electron chi connectivity index (χ2n) is 5.81. The van der Waals surface area contributed by atoms with Crippen LogP contribution < -0.4 is 5.32 Å². The Morgan fingerprint density at radius 2 is 2.15 bits per heavy atom. The van der Waals surface area contributed by atoms with Crippen LogP contribution in [0.4, 0.5) is 5.82 Å². The zero-order chi connectivity index (χ0) is 13.8. The Hall–Kier alpha value is -1.62. The summed E-state index contributed by atoms with van der Waals surface area (Å²) in [5.74, 6) is 1.55. The lowest BCUT2D eigenvalue weighted by atomic mass is 10.1. The first-order chi connectivity index (χ1) is 9.83. The van der Waals surface area contributed by atoms with E-state index >= 15 is 0 Å². The van der Waals surface area contributed by atoms with Gasteiger partial charge in [-0.15, -0.1) is 0 Å². The summed E-state index contributed by atoms with van der Waals surface area (Å²) in [4.78, 5) is 14.2. The quantitative estimate of drug-likeness (QED) is 0.879. The van der Waals surface area contributed by atoms with Crippen LogP contribution in [0.3, 0.4) is 0 Å². The lowest BCUT2D eigenvalue weighted by molar-refractivity contribution is 0.204. The molecule has 1 fully saturated rings. The first-order valence-electron chi connectivity index (χ1n) is 7.57. The molecule has 5 heteroatoms. The summed E-state index contributed by atoms with van der Waals surface area (Å²) in [5.41, 5.74) is 0.895. The predicted octanol–water partition coefficient (Wildman–Crippen LogP) is 2.49. The number of aromatic amines is 1. The van der Waals surface area contributed by atoms with Crippen molar-refractivity contribution in [2.75, 3.05) is 31.5 Å². The maximum atomic E-state index is 4.34. The van der Waals surface area contributed by atoms with Gasteiger partial charge in [-0.05, 0) is 37.9 Å². The summed E-state index contributed by atoms with van der Waals surface area (Å²) >= 11 is 0. The standard InChI is InChI=1S/C15H23N5/c1-12(10-20-7-3-2-4-8-20)9-17-15-13-5-6-16-14(13)18-11-19-15/h5-6,11-12H,2-4,7-10H2,1H3,(H2,16,17,18,19). The first-order valence-corrected chi connectivity index (χ1v) is 7.57. The topological polar surface area (TPSA) is 56.8 Å². The lowest BCUT2D eigenvalue weighted by Crippen LogP contribution is -2.35. The Labute approximate surface area is 119 Å². The van der Waals surface area contributed by atoms with E-state index in [1.807, 2.05) is 12.3 Å². The van der Waals surface area contributed by atoms with Gasteiger partial charge in [0.25, 0.3) is 0 Å². The molecule has 0 aliphatic carbocycles.